The van der Waals surface area contributed by atoms with Gasteiger partial charge in [0.15, 0.2) is 0 Å². The number of hydrogen-bond acceptors (Lipinski definition) is 2. The summed E-state index contributed by atoms with van der Waals surface area (Å²) in [6.07, 6.45) is 2.16. The van der Waals surface area contributed by atoms with Crippen molar-refractivity contribution in [1.29, 1.82) is 0 Å². The summed E-state index contributed by atoms with van der Waals surface area (Å²) in [5.41, 5.74) is 10.8. The summed E-state index contributed by atoms with van der Waals surface area (Å²) in [5.74, 6) is 1.43. The van der Waals surface area contributed by atoms with Gasteiger partial charge in [-0.2, -0.15) is 0 Å². The zero-order valence-corrected chi connectivity index (χ0v) is 11.8. The van der Waals surface area contributed by atoms with Gasteiger partial charge >= 0.3 is 0 Å². The Morgan fingerprint density at radius 2 is 2.00 bits per heavy atom. The topological polar surface area (TPSA) is 39.2 Å². The first-order chi connectivity index (χ1) is 8.60. The Labute approximate surface area is 109 Å². The monoisotopic (exact) mass is 245 g/mol. The van der Waals surface area contributed by atoms with Crippen molar-refractivity contribution in [2.45, 2.75) is 53.0 Å². The van der Waals surface area contributed by atoms with Crippen molar-refractivity contribution in [2.24, 2.45) is 5.73 Å². The summed E-state index contributed by atoms with van der Waals surface area (Å²) in [4.78, 5) is 0. The summed E-state index contributed by atoms with van der Waals surface area (Å²) in [7, 11) is 0. The van der Waals surface area contributed by atoms with Crippen LogP contribution < -0.4 is 5.73 Å². The van der Waals surface area contributed by atoms with Gasteiger partial charge in [-0.05, 0) is 30.4 Å². The molecule has 98 valence electrons. The van der Waals surface area contributed by atoms with Gasteiger partial charge in [0.2, 0.25) is 0 Å². The minimum absolute atomic E-state index is 0.472. The van der Waals surface area contributed by atoms with E-state index in [1.165, 1.54) is 22.1 Å². The van der Waals surface area contributed by atoms with Crippen LogP contribution in [0.3, 0.4) is 0 Å². The summed E-state index contributed by atoms with van der Waals surface area (Å²) in [6, 6.07) is 4.38. The largest absolute Gasteiger partial charge is 0.459 e. The Morgan fingerprint density at radius 1 is 1.28 bits per heavy atom. The van der Waals surface area contributed by atoms with Gasteiger partial charge in [0.1, 0.15) is 11.3 Å². The molecule has 0 bridgehead atoms. The fraction of sp³-hybridized carbons (Fsp3) is 0.500. The number of benzene rings is 1. The number of hydrogen-bond donors (Lipinski definition) is 1. The summed E-state index contributed by atoms with van der Waals surface area (Å²) >= 11 is 0. The molecule has 2 rings (SSSR count). The molecule has 0 fully saturated rings. The molecule has 1 aromatic heterocycles. The minimum Gasteiger partial charge on any atom is -0.459 e. The van der Waals surface area contributed by atoms with E-state index in [0.717, 1.165) is 24.2 Å². The van der Waals surface area contributed by atoms with Crippen LogP contribution in [0.1, 0.15) is 55.6 Å². The third-order valence-corrected chi connectivity index (χ3v) is 3.57. The summed E-state index contributed by atoms with van der Waals surface area (Å²) < 4.78 is 6.05. The van der Waals surface area contributed by atoms with E-state index in [-0.39, 0.29) is 0 Å². The lowest BCUT2D eigenvalue weighted by molar-refractivity contribution is 0.539. The predicted octanol–water partition coefficient (Wildman–Crippen LogP) is 4.28. The molecule has 0 saturated heterocycles. The van der Waals surface area contributed by atoms with Crippen molar-refractivity contribution in [3.8, 4) is 0 Å². The van der Waals surface area contributed by atoms with Crippen molar-refractivity contribution in [1.82, 2.24) is 0 Å². The highest BCUT2D eigenvalue weighted by Gasteiger charge is 2.18. The van der Waals surface area contributed by atoms with Gasteiger partial charge in [-0.3, -0.25) is 0 Å². The van der Waals surface area contributed by atoms with Gasteiger partial charge in [-0.1, -0.05) is 39.3 Å². The maximum absolute atomic E-state index is 6.05. The second-order valence-corrected chi connectivity index (χ2v) is 5.29. The molecule has 0 aliphatic carbocycles. The molecule has 0 radical (unpaired) electrons. The van der Waals surface area contributed by atoms with Gasteiger partial charge in [0.05, 0.1) is 6.54 Å². The van der Waals surface area contributed by atoms with Crippen molar-refractivity contribution in [3.05, 3.63) is 34.6 Å². The van der Waals surface area contributed by atoms with Gasteiger partial charge in [-0.15, -0.1) is 0 Å². The molecule has 18 heavy (non-hydrogen) atoms. The molecule has 0 spiro atoms. The van der Waals surface area contributed by atoms with Crippen LogP contribution in [0.2, 0.25) is 0 Å². The van der Waals surface area contributed by atoms with Crippen molar-refractivity contribution in [2.75, 3.05) is 0 Å². The average Bonchev–Trinajstić information content (AvgIpc) is 2.69. The van der Waals surface area contributed by atoms with Crippen LogP contribution >= 0.6 is 0 Å². The van der Waals surface area contributed by atoms with E-state index in [0.29, 0.717) is 12.5 Å². The van der Waals surface area contributed by atoms with E-state index in [2.05, 4.69) is 39.8 Å². The summed E-state index contributed by atoms with van der Waals surface area (Å²) in [6.45, 7) is 9.24. The third kappa shape index (κ3) is 2.05. The maximum Gasteiger partial charge on any atom is 0.138 e. The normalized spacial score (nSPS) is 11.7. The van der Waals surface area contributed by atoms with Gasteiger partial charge in [0, 0.05) is 10.9 Å². The fourth-order valence-electron chi connectivity index (χ4n) is 2.64. The Hall–Kier alpha value is -1.28. The molecule has 2 aromatic rings. The van der Waals surface area contributed by atoms with Crippen LogP contribution in [-0.4, -0.2) is 0 Å². The van der Waals surface area contributed by atoms with Crippen molar-refractivity contribution in [3.63, 3.8) is 0 Å². The van der Waals surface area contributed by atoms with Crippen molar-refractivity contribution < 1.29 is 4.42 Å². The standard InChI is InChI=1S/C16H23NO/c1-5-6-13-14(9-17)18-16-12(10(2)3)8-7-11(4)15(13)16/h7-8,10H,5-6,9,17H2,1-4H3. The number of aryl methyl sites for hydroxylation is 2. The van der Waals surface area contributed by atoms with Gasteiger partial charge < -0.3 is 10.2 Å². The molecule has 1 heterocycles. The molecule has 0 saturated carbocycles. The van der Waals surface area contributed by atoms with Crippen LogP contribution in [0.15, 0.2) is 16.5 Å². The lowest BCUT2D eigenvalue weighted by atomic mass is 9.95. The first kappa shape index (κ1) is 13.2. The molecular formula is C16H23NO. The lowest BCUT2D eigenvalue weighted by Gasteiger charge is -2.08. The number of fused-ring (bicyclic) bond motifs is 1. The zero-order valence-electron chi connectivity index (χ0n) is 11.8. The van der Waals surface area contributed by atoms with E-state index in [9.17, 15) is 0 Å². The molecule has 0 aliphatic rings. The maximum atomic E-state index is 6.05. The summed E-state index contributed by atoms with van der Waals surface area (Å²) in [5, 5.41) is 1.29. The molecule has 2 heteroatoms. The molecule has 1 aromatic carbocycles. The van der Waals surface area contributed by atoms with Crippen LogP contribution in [0.5, 0.6) is 0 Å². The van der Waals surface area contributed by atoms with E-state index in [1.54, 1.807) is 0 Å². The van der Waals surface area contributed by atoms with Crippen LogP contribution in [0.4, 0.5) is 0 Å². The molecular weight excluding hydrogens is 222 g/mol. The van der Waals surface area contributed by atoms with Crippen LogP contribution in [-0.2, 0) is 13.0 Å². The van der Waals surface area contributed by atoms with Gasteiger partial charge in [0.25, 0.3) is 0 Å². The number of furan rings is 1. The highest BCUT2D eigenvalue weighted by atomic mass is 16.3. The highest BCUT2D eigenvalue weighted by Crippen LogP contribution is 2.34. The fourth-order valence-corrected chi connectivity index (χ4v) is 2.64. The first-order valence-corrected chi connectivity index (χ1v) is 6.83. The van der Waals surface area contributed by atoms with Crippen LogP contribution in [0, 0.1) is 6.92 Å². The molecule has 0 amide bonds. The highest BCUT2D eigenvalue weighted by molar-refractivity contribution is 5.88. The average molecular weight is 245 g/mol. The van der Waals surface area contributed by atoms with Crippen LogP contribution in [0.25, 0.3) is 11.0 Å². The third-order valence-electron chi connectivity index (χ3n) is 3.57. The van der Waals surface area contributed by atoms with E-state index < -0.39 is 0 Å². The molecule has 0 atom stereocenters. The lowest BCUT2D eigenvalue weighted by Crippen LogP contribution is -1.98. The first-order valence-electron chi connectivity index (χ1n) is 6.83. The SMILES string of the molecule is CCCc1c(CN)oc2c(C(C)C)ccc(C)c12. The quantitative estimate of drug-likeness (QED) is 0.873. The second kappa shape index (κ2) is 5.15. The number of rotatable bonds is 4. The Bertz CT molecular complexity index is 552. The molecule has 0 unspecified atom stereocenters. The second-order valence-electron chi connectivity index (χ2n) is 5.29. The van der Waals surface area contributed by atoms with E-state index in [1.807, 2.05) is 0 Å². The minimum atomic E-state index is 0.472. The van der Waals surface area contributed by atoms with Gasteiger partial charge in [-0.25, -0.2) is 0 Å². The Morgan fingerprint density at radius 3 is 2.56 bits per heavy atom. The number of nitrogens with two attached hydrogens (primary N) is 1. The van der Waals surface area contributed by atoms with Crippen molar-refractivity contribution >= 4 is 11.0 Å². The predicted molar refractivity (Wildman–Crippen MR) is 76.9 cm³/mol. The smallest absolute Gasteiger partial charge is 0.138 e. The molecule has 2 N–H and O–H groups in total. The molecule has 0 aliphatic heterocycles. The zero-order chi connectivity index (χ0) is 13.3. The van der Waals surface area contributed by atoms with E-state index in [4.69, 9.17) is 10.2 Å². The van der Waals surface area contributed by atoms with E-state index >= 15 is 0 Å². The molecule has 2 nitrogen and oxygen atoms in total. The Balaban J connectivity index is 2.78. The Kier molecular flexibility index (Phi) is 3.76.